The van der Waals surface area contributed by atoms with E-state index in [1.165, 1.54) is 20.9 Å². The molecule has 0 unspecified atom stereocenters. The number of benzene rings is 2. The molecule has 1 aliphatic carbocycles. The van der Waals surface area contributed by atoms with Crippen LogP contribution in [0.4, 0.5) is 0 Å². The average Bonchev–Trinajstić information content (AvgIpc) is 3.35. The summed E-state index contributed by atoms with van der Waals surface area (Å²) < 4.78 is 5.25. The second-order valence-corrected chi connectivity index (χ2v) is 7.92. The number of rotatable bonds is 3. The van der Waals surface area contributed by atoms with Gasteiger partial charge in [0.05, 0.1) is 18.5 Å². The molecule has 0 radical (unpaired) electrons. The molecule has 4 nitrogen and oxygen atoms in total. The van der Waals surface area contributed by atoms with Crippen molar-refractivity contribution >= 4 is 11.3 Å². The number of nitrogens with one attached hydrogen (secondary N) is 1. The summed E-state index contributed by atoms with van der Waals surface area (Å²) in [6.45, 7) is 1.92. The number of phenolic OH excluding ortho intramolecular Hbond substituents is 1. The number of phenols is 1. The molecule has 1 aliphatic rings. The number of aryl methyl sites for hydroxylation is 1. The van der Waals surface area contributed by atoms with Crippen molar-refractivity contribution in [1.29, 1.82) is 0 Å². The van der Waals surface area contributed by atoms with Crippen molar-refractivity contribution in [3.63, 3.8) is 0 Å². The topological polar surface area (TPSA) is 58.1 Å². The van der Waals surface area contributed by atoms with E-state index >= 15 is 0 Å². The lowest BCUT2D eigenvalue weighted by atomic mass is 10.1. The lowest BCUT2D eigenvalue weighted by Gasteiger charge is -2.03. The Bertz CT molecular complexity index is 1160. The van der Waals surface area contributed by atoms with Crippen LogP contribution in [0.1, 0.15) is 16.0 Å². The molecule has 0 spiro atoms. The molecular formula is C22H18N2O2S. The summed E-state index contributed by atoms with van der Waals surface area (Å²) in [7, 11) is 1.67. The fraction of sp³-hybridized carbons (Fsp3) is 0.136. The molecule has 2 aromatic carbocycles. The van der Waals surface area contributed by atoms with Gasteiger partial charge in [-0.05, 0) is 66.6 Å². The highest BCUT2D eigenvalue weighted by Gasteiger charge is 2.27. The Morgan fingerprint density at radius 3 is 2.59 bits per heavy atom. The molecule has 2 heterocycles. The van der Waals surface area contributed by atoms with Crippen LogP contribution in [0.3, 0.4) is 0 Å². The van der Waals surface area contributed by atoms with Gasteiger partial charge in [0.15, 0.2) is 0 Å². The lowest BCUT2D eigenvalue weighted by molar-refractivity contribution is 0.415. The van der Waals surface area contributed by atoms with Gasteiger partial charge in [0.1, 0.15) is 11.5 Å². The molecule has 0 bridgehead atoms. The maximum atomic E-state index is 9.76. The summed E-state index contributed by atoms with van der Waals surface area (Å²) in [6.07, 6.45) is 0.893. The number of nitrogens with zero attached hydrogens (tertiary/aromatic N) is 1. The van der Waals surface area contributed by atoms with Gasteiger partial charge in [0.25, 0.3) is 0 Å². The highest BCUT2D eigenvalue weighted by atomic mass is 32.1. The van der Waals surface area contributed by atoms with E-state index < -0.39 is 0 Å². The van der Waals surface area contributed by atoms with Gasteiger partial charge < -0.3 is 9.84 Å². The molecule has 0 saturated carbocycles. The first-order valence-corrected chi connectivity index (χ1v) is 9.60. The molecule has 5 heteroatoms. The molecule has 5 rings (SSSR count). The molecule has 0 fully saturated rings. The molecule has 2 N–H and O–H groups in total. The molecule has 4 aromatic rings. The van der Waals surface area contributed by atoms with Crippen molar-refractivity contribution < 1.29 is 9.84 Å². The highest BCUT2D eigenvalue weighted by molar-refractivity contribution is 7.16. The molecule has 2 aromatic heterocycles. The van der Waals surface area contributed by atoms with Gasteiger partial charge >= 0.3 is 0 Å². The molecule has 0 saturated heterocycles. The lowest BCUT2D eigenvalue weighted by Crippen LogP contribution is -1.86. The van der Waals surface area contributed by atoms with Gasteiger partial charge in [-0.2, -0.15) is 5.10 Å². The summed E-state index contributed by atoms with van der Waals surface area (Å²) in [4.78, 5) is 2.57. The van der Waals surface area contributed by atoms with Crippen LogP contribution < -0.4 is 4.74 Å². The Kier molecular flexibility index (Phi) is 3.58. The Labute approximate surface area is 161 Å². The number of aromatic hydroxyl groups is 1. The first kappa shape index (κ1) is 16.1. The third kappa shape index (κ3) is 2.54. The summed E-state index contributed by atoms with van der Waals surface area (Å²) in [5.41, 5.74) is 7.76. The largest absolute Gasteiger partial charge is 0.508 e. The minimum Gasteiger partial charge on any atom is -0.508 e. The van der Waals surface area contributed by atoms with Crippen LogP contribution in [0, 0.1) is 6.92 Å². The van der Waals surface area contributed by atoms with Crippen molar-refractivity contribution in [2.24, 2.45) is 0 Å². The summed E-state index contributed by atoms with van der Waals surface area (Å²) in [5, 5.41) is 17.6. The number of fused-ring (bicyclic) bond motifs is 3. The zero-order valence-corrected chi connectivity index (χ0v) is 15.9. The summed E-state index contributed by atoms with van der Waals surface area (Å²) in [5.74, 6) is 1.18. The van der Waals surface area contributed by atoms with Crippen LogP contribution >= 0.6 is 11.3 Å². The number of methoxy groups -OCH3 is 1. The monoisotopic (exact) mass is 374 g/mol. The number of H-pyrrole nitrogens is 1. The molecule has 27 heavy (non-hydrogen) atoms. The van der Waals surface area contributed by atoms with Crippen LogP contribution in [0.5, 0.6) is 11.5 Å². The predicted molar refractivity (Wildman–Crippen MR) is 109 cm³/mol. The fourth-order valence-corrected chi connectivity index (χ4v) is 4.81. The van der Waals surface area contributed by atoms with Crippen LogP contribution in [-0.4, -0.2) is 22.4 Å². The number of thiophene rings is 1. The van der Waals surface area contributed by atoms with Crippen LogP contribution in [-0.2, 0) is 6.42 Å². The van der Waals surface area contributed by atoms with Crippen LogP contribution in [0.25, 0.3) is 33.0 Å². The Hall–Kier alpha value is -3.05. The van der Waals surface area contributed by atoms with E-state index in [1.807, 2.05) is 54.7 Å². The third-order valence-corrected chi connectivity index (χ3v) is 6.31. The summed E-state index contributed by atoms with van der Waals surface area (Å²) in [6, 6.07) is 16.0. The van der Waals surface area contributed by atoms with E-state index in [2.05, 4.69) is 16.3 Å². The fourth-order valence-electron chi connectivity index (χ4n) is 3.63. The highest BCUT2D eigenvalue weighted by Crippen LogP contribution is 2.46. The summed E-state index contributed by atoms with van der Waals surface area (Å²) >= 11 is 1.81. The van der Waals surface area contributed by atoms with E-state index in [1.54, 1.807) is 13.2 Å². The first-order valence-electron chi connectivity index (χ1n) is 8.79. The van der Waals surface area contributed by atoms with Gasteiger partial charge in [-0.25, -0.2) is 0 Å². The SMILES string of the molecule is COc1ccc(-c2n[nH]c3c2Cc2sc(-c4ccc(O)c(C)c4)cc2-3)cc1. The maximum absolute atomic E-state index is 9.76. The van der Waals surface area contributed by atoms with Crippen molar-refractivity contribution in [2.45, 2.75) is 13.3 Å². The number of aromatic nitrogens is 2. The Morgan fingerprint density at radius 1 is 1.07 bits per heavy atom. The van der Waals surface area contributed by atoms with E-state index in [0.29, 0.717) is 5.75 Å². The number of hydrogen-bond donors (Lipinski definition) is 2. The van der Waals surface area contributed by atoms with Gasteiger partial charge in [-0.15, -0.1) is 11.3 Å². The minimum atomic E-state index is 0.336. The van der Waals surface area contributed by atoms with Crippen LogP contribution in [0.15, 0.2) is 48.5 Å². The molecule has 134 valence electrons. The van der Waals surface area contributed by atoms with Gasteiger partial charge in [0.2, 0.25) is 0 Å². The first-order chi connectivity index (χ1) is 13.1. The van der Waals surface area contributed by atoms with E-state index in [-0.39, 0.29) is 0 Å². The van der Waals surface area contributed by atoms with Crippen molar-refractivity contribution in [3.05, 3.63) is 64.5 Å². The van der Waals surface area contributed by atoms with Crippen molar-refractivity contribution in [1.82, 2.24) is 10.2 Å². The second-order valence-electron chi connectivity index (χ2n) is 6.78. The normalized spacial score (nSPS) is 12.1. The number of ether oxygens (including phenoxy) is 1. The number of aromatic amines is 1. The van der Waals surface area contributed by atoms with E-state index in [0.717, 1.165) is 40.2 Å². The third-order valence-electron chi connectivity index (χ3n) is 5.13. The smallest absolute Gasteiger partial charge is 0.118 e. The maximum Gasteiger partial charge on any atom is 0.118 e. The zero-order chi connectivity index (χ0) is 18.5. The molecular weight excluding hydrogens is 356 g/mol. The quantitative estimate of drug-likeness (QED) is 0.445. The zero-order valence-electron chi connectivity index (χ0n) is 15.0. The van der Waals surface area contributed by atoms with E-state index in [4.69, 9.17) is 4.74 Å². The van der Waals surface area contributed by atoms with Gasteiger partial charge in [-0.1, -0.05) is 0 Å². The average molecular weight is 374 g/mol. The van der Waals surface area contributed by atoms with Gasteiger partial charge in [-0.3, -0.25) is 5.10 Å². The standard InChI is InChI=1S/C22H18N2O2S/c1-12-9-14(5-8-18(12)25)19-10-16-20(27-19)11-17-21(23-24-22(16)17)13-3-6-15(26-2)7-4-13/h3-10,25H,11H2,1-2H3,(H,23,24). The van der Waals surface area contributed by atoms with Crippen molar-refractivity contribution in [3.8, 4) is 44.5 Å². The van der Waals surface area contributed by atoms with Gasteiger partial charge in [0, 0.05) is 32.9 Å². The Morgan fingerprint density at radius 2 is 1.85 bits per heavy atom. The minimum absolute atomic E-state index is 0.336. The van der Waals surface area contributed by atoms with Crippen LogP contribution in [0.2, 0.25) is 0 Å². The Balaban J connectivity index is 1.52. The van der Waals surface area contributed by atoms with E-state index in [9.17, 15) is 5.11 Å². The number of hydrogen-bond acceptors (Lipinski definition) is 4. The second kappa shape index (κ2) is 5.99. The predicted octanol–water partition coefficient (Wildman–Crippen LogP) is 5.40. The molecule has 0 amide bonds. The molecule has 0 aliphatic heterocycles. The molecule has 0 atom stereocenters. The van der Waals surface area contributed by atoms with Crippen molar-refractivity contribution in [2.75, 3.05) is 7.11 Å².